The molecule has 0 aliphatic carbocycles. The molecule has 1 aromatic carbocycles. The fourth-order valence-corrected chi connectivity index (χ4v) is 3.61. The lowest BCUT2D eigenvalue weighted by Crippen LogP contribution is -2.12. The molecule has 2 aromatic heterocycles. The topological polar surface area (TPSA) is 114 Å². The summed E-state index contributed by atoms with van der Waals surface area (Å²) >= 11 is 1.26. The zero-order valence-electron chi connectivity index (χ0n) is 14.8. The highest BCUT2D eigenvalue weighted by atomic mass is 32.2. The van der Waals surface area contributed by atoms with Crippen molar-refractivity contribution in [3.05, 3.63) is 52.8 Å². The van der Waals surface area contributed by atoms with E-state index in [1.165, 1.54) is 35.6 Å². The Bertz CT molecular complexity index is 1070. The van der Waals surface area contributed by atoms with Gasteiger partial charge in [-0.3, -0.25) is 4.79 Å². The Labute approximate surface area is 160 Å². The average Bonchev–Trinajstić information content (AvgIpc) is 3.02. The molecule has 2 N–H and O–H groups in total. The molecule has 0 saturated carbocycles. The Balaban J connectivity index is 1.69. The van der Waals surface area contributed by atoms with Gasteiger partial charge in [0.2, 0.25) is 5.95 Å². The largest absolute Gasteiger partial charge is 0.321 e. The van der Waals surface area contributed by atoms with Crippen molar-refractivity contribution in [2.75, 3.05) is 16.9 Å². The Morgan fingerprint density at radius 3 is 2.26 bits per heavy atom. The van der Waals surface area contributed by atoms with Crippen molar-refractivity contribution in [2.45, 2.75) is 18.7 Å². The van der Waals surface area contributed by atoms with Crippen LogP contribution in [-0.4, -0.2) is 35.5 Å². The van der Waals surface area contributed by atoms with Crippen molar-refractivity contribution in [2.24, 2.45) is 0 Å². The van der Waals surface area contributed by atoms with E-state index in [2.05, 4.69) is 25.6 Å². The molecule has 0 bridgehead atoms. The maximum Gasteiger partial charge on any atom is 0.275 e. The van der Waals surface area contributed by atoms with Crippen LogP contribution in [-0.2, 0) is 9.84 Å². The normalized spacial score (nSPS) is 11.2. The summed E-state index contributed by atoms with van der Waals surface area (Å²) in [5, 5.41) is 7.78. The molecule has 0 radical (unpaired) electrons. The van der Waals surface area contributed by atoms with E-state index in [1.807, 2.05) is 19.9 Å². The van der Waals surface area contributed by atoms with E-state index in [4.69, 9.17) is 0 Å². The van der Waals surface area contributed by atoms with E-state index >= 15 is 0 Å². The van der Waals surface area contributed by atoms with E-state index in [1.54, 1.807) is 5.38 Å². The first-order valence-electron chi connectivity index (χ1n) is 7.87. The molecule has 1 amide bonds. The first kappa shape index (κ1) is 18.9. The Hall–Kier alpha value is -2.85. The third kappa shape index (κ3) is 4.86. The summed E-state index contributed by atoms with van der Waals surface area (Å²) in [5.74, 6) is 0.0259. The van der Waals surface area contributed by atoms with Crippen LogP contribution >= 0.6 is 11.3 Å². The second-order valence-electron chi connectivity index (χ2n) is 5.89. The molecule has 0 atom stereocenters. The SMILES string of the molecule is Cc1cc(C)nc(Nc2nc(C(=O)Nc3ccc(S(C)(=O)=O)cc3)cs2)n1. The van der Waals surface area contributed by atoms with Crippen LogP contribution in [0, 0.1) is 13.8 Å². The van der Waals surface area contributed by atoms with E-state index < -0.39 is 15.7 Å². The summed E-state index contributed by atoms with van der Waals surface area (Å²) in [6.45, 7) is 3.74. The number of benzene rings is 1. The van der Waals surface area contributed by atoms with Crippen molar-refractivity contribution in [1.29, 1.82) is 0 Å². The molecule has 8 nitrogen and oxygen atoms in total. The third-order valence-electron chi connectivity index (χ3n) is 3.48. The minimum atomic E-state index is -3.28. The lowest BCUT2D eigenvalue weighted by Gasteiger charge is -2.05. The molecule has 0 aliphatic heterocycles. The molecule has 27 heavy (non-hydrogen) atoms. The predicted octanol–water partition coefficient (Wildman–Crippen LogP) is 2.95. The van der Waals surface area contributed by atoms with Crippen LogP contribution < -0.4 is 10.6 Å². The van der Waals surface area contributed by atoms with Gasteiger partial charge in [-0.15, -0.1) is 11.3 Å². The first-order chi connectivity index (χ1) is 12.7. The molecule has 3 aromatic rings. The smallest absolute Gasteiger partial charge is 0.275 e. The summed E-state index contributed by atoms with van der Waals surface area (Å²) in [5.41, 5.74) is 2.38. The number of aryl methyl sites for hydroxylation is 2. The van der Waals surface area contributed by atoms with Crippen molar-refractivity contribution < 1.29 is 13.2 Å². The van der Waals surface area contributed by atoms with E-state index in [0.717, 1.165) is 17.6 Å². The van der Waals surface area contributed by atoms with Crippen LogP contribution in [0.3, 0.4) is 0 Å². The summed E-state index contributed by atoms with van der Waals surface area (Å²) < 4.78 is 22.9. The predicted molar refractivity (Wildman–Crippen MR) is 104 cm³/mol. The second-order valence-corrected chi connectivity index (χ2v) is 8.76. The second kappa shape index (κ2) is 7.41. The van der Waals surface area contributed by atoms with Gasteiger partial charge in [0.1, 0.15) is 5.69 Å². The lowest BCUT2D eigenvalue weighted by molar-refractivity contribution is 0.102. The van der Waals surface area contributed by atoms with Gasteiger partial charge in [-0.2, -0.15) is 0 Å². The molecular weight excluding hydrogens is 386 g/mol. The van der Waals surface area contributed by atoms with Gasteiger partial charge in [-0.05, 0) is 44.2 Å². The summed E-state index contributed by atoms with van der Waals surface area (Å²) in [6.07, 6.45) is 1.13. The average molecular weight is 403 g/mol. The summed E-state index contributed by atoms with van der Waals surface area (Å²) in [4.78, 5) is 25.3. The molecule has 0 aliphatic rings. The number of amides is 1. The minimum Gasteiger partial charge on any atom is -0.321 e. The van der Waals surface area contributed by atoms with Gasteiger partial charge in [0, 0.05) is 28.7 Å². The Kier molecular flexibility index (Phi) is 5.19. The molecule has 10 heteroatoms. The van der Waals surface area contributed by atoms with Crippen LogP contribution in [0.4, 0.5) is 16.8 Å². The standard InChI is InChI=1S/C17H17N5O3S2/c1-10-8-11(2)19-16(18-10)22-17-21-14(9-26-17)15(23)20-12-4-6-13(7-5-12)27(3,24)25/h4-9H,1-3H3,(H,20,23)(H,18,19,21,22). The van der Waals surface area contributed by atoms with Gasteiger partial charge in [0.15, 0.2) is 15.0 Å². The highest BCUT2D eigenvalue weighted by Gasteiger charge is 2.13. The maximum absolute atomic E-state index is 12.3. The van der Waals surface area contributed by atoms with Gasteiger partial charge < -0.3 is 10.6 Å². The van der Waals surface area contributed by atoms with Crippen molar-refractivity contribution in [3.8, 4) is 0 Å². The number of carbonyl (C=O) groups is 1. The zero-order valence-corrected chi connectivity index (χ0v) is 16.5. The van der Waals surface area contributed by atoms with Crippen molar-refractivity contribution >= 4 is 43.8 Å². The van der Waals surface area contributed by atoms with E-state index in [0.29, 0.717) is 16.8 Å². The zero-order chi connectivity index (χ0) is 19.6. The van der Waals surface area contributed by atoms with E-state index in [9.17, 15) is 13.2 Å². The highest BCUT2D eigenvalue weighted by Crippen LogP contribution is 2.20. The van der Waals surface area contributed by atoms with Crippen molar-refractivity contribution in [1.82, 2.24) is 15.0 Å². The van der Waals surface area contributed by atoms with Crippen LogP contribution in [0.15, 0.2) is 40.6 Å². The molecule has 0 unspecified atom stereocenters. The Morgan fingerprint density at radius 1 is 1.04 bits per heavy atom. The van der Waals surface area contributed by atoms with Crippen LogP contribution in [0.1, 0.15) is 21.9 Å². The van der Waals surface area contributed by atoms with Crippen LogP contribution in [0.2, 0.25) is 0 Å². The number of carbonyl (C=O) groups excluding carboxylic acids is 1. The fraction of sp³-hybridized carbons (Fsp3) is 0.176. The number of nitrogens with one attached hydrogen (secondary N) is 2. The molecule has 2 heterocycles. The van der Waals surface area contributed by atoms with Gasteiger partial charge in [0.05, 0.1) is 4.90 Å². The molecule has 0 spiro atoms. The fourth-order valence-electron chi connectivity index (χ4n) is 2.29. The number of sulfone groups is 1. The number of aromatic nitrogens is 3. The number of hydrogen-bond donors (Lipinski definition) is 2. The van der Waals surface area contributed by atoms with Gasteiger partial charge >= 0.3 is 0 Å². The molecule has 0 fully saturated rings. The number of rotatable bonds is 5. The molecule has 140 valence electrons. The van der Waals surface area contributed by atoms with E-state index in [-0.39, 0.29) is 10.6 Å². The van der Waals surface area contributed by atoms with Crippen molar-refractivity contribution in [3.63, 3.8) is 0 Å². The quantitative estimate of drug-likeness (QED) is 0.673. The molecular formula is C17H17N5O3S2. The van der Waals surface area contributed by atoms with Gasteiger partial charge in [-0.25, -0.2) is 23.4 Å². The maximum atomic E-state index is 12.3. The number of thiazole rings is 1. The number of anilines is 3. The summed E-state index contributed by atoms with van der Waals surface area (Å²) in [6, 6.07) is 7.81. The van der Waals surface area contributed by atoms with Crippen LogP contribution in [0.25, 0.3) is 0 Å². The van der Waals surface area contributed by atoms with Gasteiger partial charge in [0.25, 0.3) is 5.91 Å². The Morgan fingerprint density at radius 2 is 1.67 bits per heavy atom. The third-order valence-corrected chi connectivity index (χ3v) is 5.36. The summed E-state index contributed by atoms with van der Waals surface area (Å²) in [7, 11) is -3.28. The lowest BCUT2D eigenvalue weighted by atomic mass is 10.3. The monoisotopic (exact) mass is 403 g/mol. The van der Waals surface area contributed by atoms with Gasteiger partial charge in [-0.1, -0.05) is 0 Å². The molecule has 0 saturated heterocycles. The number of hydrogen-bond acceptors (Lipinski definition) is 8. The highest BCUT2D eigenvalue weighted by molar-refractivity contribution is 7.90. The minimum absolute atomic E-state index is 0.189. The first-order valence-corrected chi connectivity index (χ1v) is 10.6. The number of nitrogens with zero attached hydrogens (tertiary/aromatic N) is 3. The molecule has 3 rings (SSSR count). The van der Waals surface area contributed by atoms with Crippen LogP contribution in [0.5, 0.6) is 0 Å².